The quantitative estimate of drug-likeness (QED) is 0.884. The van der Waals surface area contributed by atoms with Crippen molar-refractivity contribution in [1.82, 2.24) is 0 Å². The molecule has 1 saturated carbocycles. The minimum absolute atomic E-state index is 0.127. The van der Waals surface area contributed by atoms with Crippen LogP contribution in [0.4, 0.5) is 5.69 Å². The molecule has 5 nitrogen and oxygen atoms in total. The predicted molar refractivity (Wildman–Crippen MR) is 90.7 cm³/mol. The Morgan fingerprint density at radius 1 is 1.17 bits per heavy atom. The number of aromatic carboxylic acids is 1. The van der Waals surface area contributed by atoms with Gasteiger partial charge in [0.1, 0.15) is 5.75 Å². The first-order chi connectivity index (χ1) is 11.5. The summed E-state index contributed by atoms with van der Waals surface area (Å²) in [5.41, 5.74) is 1.78. The maximum atomic E-state index is 12.9. The number of benzene rings is 2. The number of carboxylic acid groups (broad SMARTS) is 1. The minimum Gasteiger partial charge on any atom is -0.496 e. The number of nitrogens with one attached hydrogen (secondary N) is 1. The van der Waals surface area contributed by atoms with Crippen molar-refractivity contribution in [2.45, 2.75) is 25.2 Å². The van der Waals surface area contributed by atoms with Crippen LogP contribution in [0.1, 0.15) is 34.3 Å². The molecule has 0 unspecified atom stereocenters. The summed E-state index contributed by atoms with van der Waals surface area (Å²) >= 11 is 0. The van der Waals surface area contributed by atoms with Crippen molar-refractivity contribution >= 4 is 17.6 Å². The van der Waals surface area contributed by atoms with Crippen LogP contribution in [0.25, 0.3) is 0 Å². The highest BCUT2D eigenvalue weighted by molar-refractivity contribution is 6.03. The van der Waals surface area contributed by atoms with E-state index in [1.165, 1.54) is 12.1 Å². The van der Waals surface area contributed by atoms with Crippen molar-refractivity contribution < 1.29 is 19.4 Å². The van der Waals surface area contributed by atoms with Crippen LogP contribution in [0.2, 0.25) is 0 Å². The Kier molecular flexibility index (Phi) is 4.01. The second-order valence-corrected chi connectivity index (χ2v) is 6.07. The van der Waals surface area contributed by atoms with Gasteiger partial charge in [0.25, 0.3) is 0 Å². The molecule has 0 aliphatic heterocycles. The third-order valence-electron chi connectivity index (χ3n) is 4.54. The Morgan fingerprint density at radius 3 is 2.50 bits per heavy atom. The molecule has 2 aromatic carbocycles. The molecule has 0 heterocycles. The Bertz CT molecular complexity index is 809. The topological polar surface area (TPSA) is 75.6 Å². The second-order valence-electron chi connectivity index (χ2n) is 6.07. The molecule has 0 bridgehead atoms. The van der Waals surface area contributed by atoms with E-state index in [0.717, 1.165) is 24.0 Å². The lowest BCUT2D eigenvalue weighted by Gasteiger charge is -2.19. The van der Waals surface area contributed by atoms with Crippen molar-refractivity contribution in [3.05, 3.63) is 59.2 Å². The molecule has 1 aliphatic rings. The van der Waals surface area contributed by atoms with Crippen molar-refractivity contribution in [2.24, 2.45) is 0 Å². The fraction of sp³-hybridized carbons (Fsp3) is 0.263. The number of carbonyl (C=O) groups is 2. The highest BCUT2D eigenvalue weighted by Crippen LogP contribution is 2.52. The minimum atomic E-state index is -1.02. The van der Waals surface area contributed by atoms with E-state index >= 15 is 0 Å². The molecule has 1 aliphatic carbocycles. The van der Waals surface area contributed by atoms with Gasteiger partial charge in [-0.15, -0.1) is 0 Å². The number of para-hydroxylation sites is 1. The third kappa shape index (κ3) is 2.73. The molecule has 0 aromatic heterocycles. The van der Waals surface area contributed by atoms with Crippen molar-refractivity contribution in [2.75, 3.05) is 12.4 Å². The molecule has 5 heteroatoms. The number of carboxylic acids is 1. The molecule has 1 fully saturated rings. The largest absolute Gasteiger partial charge is 0.496 e. The van der Waals surface area contributed by atoms with E-state index in [9.17, 15) is 9.59 Å². The third-order valence-corrected chi connectivity index (χ3v) is 4.54. The summed E-state index contributed by atoms with van der Waals surface area (Å²) in [5.74, 6) is -0.449. The molecule has 0 saturated heterocycles. The maximum absolute atomic E-state index is 12.9. The van der Waals surface area contributed by atoms with Crippen LogP contribution < -0.4 is 10.1 Å². The van der Waals surface area contributed by atoms with Gasteiger partial charge < -0.3 is 15.2 Å². The lowest BCUT2D eigenvalue weighted by molar-refractivity contribution is -0.118. The predicted octanol–water partition coefficient (Wildman–Crippen LogP) is 3.37. The number of anilines is 1. The molecular weight excluding hydrogens is 306 g/mol. The highest BCUT2D eigenvalue weighted by atomic mass is 16.5. The van der Waals surface area contributed by atoms with Gasteiger partial charge in [-0.25, -0.2) is 4.79 Å². The second kappa shape index (κ2) is 6.00. The zero-order valence-corrected chi connectivity index (χ0v) is 13.6. The molecule has 3 rings (SSSR count). The van der Waals surface area contributed by atoms with Gasteiger partial charge in [-0.2, -0.15) is 0 Å². The first-order valence-electron chi connectivity index (χ1n) is 7.77. The fourth-order valence-electron chi connectivity index (χ4n) is 2.92. The molecule has 0 spiro atoms. The van der Waals surface area contributed by atoms with Gasteiger partial charge >= 0.3 is 5.97 Å². The smallest absolute Gasteiger partial charge is 0.335 e. The number of ether oxygens (including phenoxy) is 1. The molecule has 124 valence electrons. The number of amides is 1. The van der Waals surface area contributed by atoms with Gasteiger partial charge in [0.2, 0.25) is 5.91 Å². The molecule has 0 radical (unpaired) electrons. The van der Waals surface area contributed by atoms with Crippen LogP contribution in [0, 0.1) is 6.92 Å². The SMILES string of the molecule is COc1ccccc1C1(C(=O)Nc2cc(C(=O)O)ccc2C)CC1. The summed E-state index contributed by atoms with van der Waals surface area (Å²) in [4.78, 5) is 24.0. The van der Waals surface area contributed by atoms with E-state index in [4.69, 9.17) is 9.84 Å². The molecular formula is C19H19NO4. The van der Waals surface area contributed by atoms with Crippen molar-refractivity contribution in [1.29, 1.82) is 0 Å². The normalized spacial score (nSPS) is 14.8. The van der Waals surface area contributed by atoms with E-state index < -0.39 is 11.4 Å². The van der Waals surface area contributed by atoms with Crippen LogP contribution in [-0.4, -0.2) is 24.1 Å². The van der Waals surface area contributed by atoms with Crippen LogP contribution in [-0.2, 0) is 10.2 Å². The van der Waals surface area contributed by atoms with Crippen molar-refractivity contribution in [3.63, 3.8) is 0 Å². The Morgan fingerprint density at radius 2 is 1.88 bits per heavy atom. The molecule has 2 aromatic rings. The summed E-state index contributed by atoms with van der Waals surface area (Å²) in [6.45, 7) is 1.84. The number of aryl methyl sites for hydroxylation is 1. The Labute approximate surface area is 140 Å². The van der Waals surface area contributed by atoms with E-state index in [-0.39, 0.29) is 11.5 Å². The van der Waals surface area contributed by atoms with Crippen molar-refractivity contribution in [3.8, 4) is 5.75 Å². The fourth-order valence-corrected chi connectivity index (χ4v) is 2.92. The highest BCUT2D eigenvalue weighted by Gasteiger charge is 2.52. The van der Waals surface area contributed by atoms with Crippen LogP contribution in [0.15, 0.2) is 42.5 Å². The van der Waals surface area contributed by atoms with Crippen LogP contribution in [0.3, 0.4) is 0 Å². The number of carbonyl (C=O) groups excluding carboxylic acids is 1. The number of rotatable bonds is 5. The standard InChI is InChI=1S/C19H19NO4/c1-12-7-8-13(17(21)22)11-15(12)20-18(23)19(9-10-19)14-5-3-4-6-16(14)24-2/h3-8,11H,9-10H2,1-2H3,(H,20,23)(H,21,22). The van der Waals surface area contributed by atoms with Gasteiger partial charge in [-0.05, 0) is 43.5 Å². The summed E-state index contributed by atoms with van der Waals surface area (Å²) in [7, 11) is 1.59. The van der Waals surface area contributed by atoms with Crippen LogP contribution in [0.5, 0.6) is 5.75 Å². The number of hydrogen-bond donors (Lipinski definition) is 2. The van der Waals surface area contributed by atoms with Crippen LogP contribution >= 0.6 is 0 Å². The summed E-state index contributed by atoms with van der Waals surface area (Å²) in [6.07, 6.45) is 1.49. The molecule has 24 heavy (non-hydrogen) atoms. The lowest BCUT2D eigenvalue weighted by atomic mass is 9.93. The zero-order chi connectivity index (χ0) is 17.3. The monoisotopic (exact) mass is 325 g/mol. The average Bonchev–Trinajstić information content (AvgIpc) is 3.38. The first-order valence-corrected chi connectivity index (χ1v) is 7.77. The number of hydrogen-bond acceptors (Lipinski definition) is 3. The molecule has 0 atom stereocenters. The van der Waals surface area contributed by atoms with E-state index in [0.29, 0.717) is 11.4 Å². The lowest BCUT2D eigenvalue weighted by Crippen LogP contribution is -2.28. The number of methoxy groups -OCH3 is 1. The average molecular weight is 325 g/mol. The van der Waals surface area contributed by atoms with Gasteiger partial charge in [0.05, 0.1) is 18.1 Å². The molecule has 2 N–H and O–H groups in total. The van der Waals surface area contributed by atoms with Gasteiger partial charge in [-0.3, -0.25) is 4.79 Å². The summed E-state index contributed by atoms with van der Waals surface area (Å²) < 4.78 is 5.39. The van der Waals surface area contributed by atoms with Gasteiger partial charge in [-0.1, -0.05) is 24.3 Å². The van der Waals surface area contributed by atoms with Gasteiger partial charge in [0, 0.05) is 11.3 Å². The molecule has 1 amide bonds. The summed E-state index contributed by atoms with van der Waals surface area (Å²) in [5, 5.41) is 12.0. The van der Waals surface area contributed by atoms with E-state index in [1.807, 2.05) is 31.2 Å². The Hall–Kier alpha value is -2.82. The van der Waals surface area contributed by atoms with Gasteiger partial charge in [0.15, 0.2) is 0 Å². The first kappa shape index (κ1) is 16.1. The Balaban J connectivity index is 1.90. The van der Waals surface area contributed by atoms with E-state index in [1.54, 1.807) is 13.2 Å². The zero-order valence-electron chi connectivity index (χ0n) is 13.6. The maximum Gasteiger partial charge on any atom is 0.335 e. The summed E-state index contributed by atoms with van der Waals surface area (Å²) in [6, 6.07) is 12.2. The van der Waals surface area contributed by atoms with E-state index in [2.05, 4.69) is 5.32 Å².